The van der Waals surface area contributed by atoms with Crippen LogP contribution in [0.15, 0.2) is 24.3 Å². The Hall–Kier alpha value is -2.30. The Morgan fingerprint density at radius 2 is 2.08 bits per heavy atom. The molecule has 5 heteroatoms. The molecule has 1 aromatic heterocycles. The molecular weight excluding hydrogens is 324 g/mol. The molecule has 1 aliphatic rings. The normalized spacial score (nSPS) is 15.5. The lowest BCUT2D eigenvalue weighted by atomic mass is 9.84. The number of aromatic nitrogens is 2. The number of H-pyrrole nitrogens is 1. The summed E-state index contributed by atoms with van der Waals surface area (Å²) in [6.45, 7) is 12.1. The molecule has 26 heavy (non-hydrogen) atoms. The number of fused-ring (bicyclic) bond motifs is 1. The fourth-order valence-corrected chi connectivity index (χ4v) is 3.44. The van der Waals surface area contributed by atoms with Gasteiger partial charge in [-0.1, -0.05) is 39.0 Å². The Kier molecular flexibility index (Phi) is 5.08. The number of aromatic amines is 1. The maximum atomic E-state index is 12.7. The van der Waals surface area contributed by atoms with Gasteiger partial charge in [-0.25, -0.2) is 4.79 Å². The predicted molar refractivity (Wildman–Crippen MR) is 104 cm³/mol. The first-order valence-electron chi connectivity index (χ1n) is 9.41. The molecule has 1 atom stereocenters. The highest BCUT2D eigenvalue weighted by Crippen LogP contribution is 2.27. The van der Waals surface area contributed by atoms with Crippen molar-refractivity contribution in [3.05, 3.63) is 52.3 Å². The second-order valence-electron chi connectivity index (χ2n) is 8.50. The quantitative estimate of drug-likeness (QED) is 0.882. The van der Waals surface area contributed by atoms with Gasteiger partial charge < -0.3 is 10.2 Å². The summed E-state index contributed by atoms with van der Waals surface area (Å²) in [4.78, 5) is 14.6. The average molecular weight is 354 g/mol. The summed E-state index contributed by atoms with van der Waals surface area (Å²) in [7, 11) is 0. The highest BCUT2D eigenvalue weighted by atomic mass is 16.2. The zero-order valence-electron chi connectivity index (χ0n) is 16.5. The Balaban J connectivity index is 1.63. The SMILES string of the molecule is Cc1cc(CC(C)NC(=O)N2CCc3ccc(C(C)(C)C)cc3C2)n[nH]1. The molecule has 140 valence electrons. The van der Waals surface area contributed by atoms with Gasteiger partial charge in [-0.3, -0.25) is 5.10 Å². The molecule has 1 unspecified atom stereocenters. The Morgan fingerprint density at radius 3 is 2.73 bits per heavy atom. The monoisotopic (exact) mass is 354 g/mol. The largest absolute Gasteiger partial charge is 0.335 e. The third-order valence-corrected chi connectivity index (χ3v) is 5.02. The number of urea groups is 1. The average Bonchev–Trinajstić information content (AvgIpc) is 2.97. The van der Waals surface area contributed by atoms with Crippen LogP contribution in [0, 0.1) is 6.92 Å². The van der Waals surface area contributed by atoms with Crippen LogP contribution in [0.1, 0.15) is 55.8 Å². The van der Waals surface area contributed by atoms with Gasteiger partial charge in [0, 0.05) is 31.2 Å². The van der Waals surface area contributed by atoms with Crippen LogP contribution in [0.4, 0.5) is 4.79 Å². The van der Waals surface area contributed by atoms with Crippen molar-refractivity contribution in [2.24, 2.45) is 0 Å². The van der Waals surface area contributed by atoms with Crippen LogP contribution in [0.25, 0.3) is 0 Å². The van der Waals surface area contributed by atoms with Crippen LogP contribution < -0.4 is 5.32 Å². The van der Waals surface area contributed by atoms with Crippen molar-refractivity contribution in [3.8, 4) is 0 Å². The highest BCUT2D eigenvalue weighted by Gasteiger charge is 2.24. The molecule has 3 rings (SSSR count). The minimum Gasteiger partial charge on any atom is -0.335 e. The Morgan fingerprint density at radius 1 is 1.31 bits per heavy atom. The van der Waals surface area contributed by atoms with E-state index >= 15 is 0 Å². The van der Waals surface area contributed by atoms with Crippen molar-refractivity contribution in [2.45, 2.75) is 65.5 Å². The van der Waals surface area contributed by atoms with Gasteiger partial charge >= 0.3 is 6.03 Å². The van der Waals surface area contributed by atoms with E-state index < -0.39 is 0 Å². The number of nitrogens with zero attached hydrogens (tertiary/aromatic N) is 2. The number of hydrogen-bond acceptors (Lipinski definition) is 2. The lowest BCUT2D eigenvalue weighted by Gasteiger charge is -2.31. The molecule has 0 radical (unpaired) electrons. The van der Waals surface area contributed by atoms with Crippen molar-refractivity contribution in [1.29, 1.82) is 0 Å². The third kappa shape index (κ3) is 4.26. The van der Waals surface area contributed by atoms with Crippen LogP contribution in [0.2, 0.25) is 0 Å². The second-order valence-corrected chi connectivity index (χ2v) is 8.50. The minimum absolute atomic E-state index is 0.0107. The van der Waals surface area contributed by atoms with E-state index in [2.05, 4.69) is 54.5 Å². The van der Waals surface area contributed by atoms with Crippen molar-refractivity contribution >= 4 is 6.03 Å². The molecule has 2 N–H and O–H groups in total. The number of carbonyl (C=O) groups is 1. The first-order chi connectivity index (χ1) is 12.2. The van der Waals surface area contributed by atoms with Gasteiger partial charge in [-0.05, 0) is 48.4 Å². The second kappa shape index (κ2) is 7.14. The third-order valence-electron chi connectivity index (χ3n) is 5.02. The molecule has 1 aliphatic heterocycles. The Bertz CT molecular complexity index is 788. The maximum Gasteiger partial charge on any atom is 0.317 e. The summed E-state index contributed by atoms with van der Waals surface area (Å²) in [6, 6.07) is 8.80. The van der Waals surface area contributed by atoms with E-state index in [-0.39, 0.29) is 17.5 Å². The first-order valence-corrected chi connectivity index (χ1v) is 9.41. The van der Waals surface area contributed by atoms with E-state index in [1.165, 1.54) is 16.7 Å². The van der Waals surface area contributed by atoms with Gasteiger partial charge in [0.25, 0.3) is 0 Å². The van der Waals surface area contributed by atoms with E-state index in [9.17, 15) is 4.79 Å². The molecule has 1 aromatic carbocycles. The summed E-state index contributed by atoms with van der Waals surface area (Å²) in [5.74, 6) is 0. The van der Waals surface area contributed by atoms with Gasteiger partial charge in [0.2, 0.25) is 0 Å². The topological polar surface area (TPSA) is 61.0 Å². The first kappa shape index (κ1) is 18.5. The van der Waals surface area contributed by atoms with E-state index in [1.807, 2.05) is 24.8 Å². The van der Waals surface area contributed by atoms with Gasteiger partial charge in [0.05, 0.1) is 5.69 Å². The standard InChI is InChI=1S/C21H30N4O/c1-14(10-19-11-15(2)23-24-19)22-20(26)25-9-8-16-6-7-18(21(3,4)5)12-17(16)13-25/h6-7,11-12,14H,8-10,13H2,1-5H3,(H,22,26)(H,23,24). The molecule has 2 aromatic rings. The van der Waals surface area contributed by atoms with Crippen molar-refractivity contribution in [3.63, 3.8) is 0 Å². The van der Waals surface area contributed by atoms with E-state index in [0.717, 1.165) is 30.8 Å². The number of hydrogen-bond donors (Lipinski definition) is 2. The molecule has 0 aliphatic carbocycles. The molecule has 5 nitrogen and oxygen atoms in total. The smallest absolute Gasteiger partial charge is 0.317 e. The number of nitrogens with one attached hydrogen (secondary N) is 2. The zero-order chi connectivity index (χ0) is 18.9. The lowest BCUT2D eigenvalue weighted by Crippen LogP contribution is -2.46. The van der Waals surface area contributed by atoms with Crippen molar-refractivity contribution < 1.29 is 4.79 Å². The predicted octanol–water partition coefficient (Wildman–Crippen LogP) is 3.71. The van der Waals surface area contributed by atoms with Crippen LogP contribution >= 0.6 is 0 Å². The summed E-state index contributed by atoms with van der Waals surface area (Å²) >= 11 is 0. The number of carbonyl (C=O) groups excluding carboxylic acids is 1. The van der Waals surface area contributed by atoms with Crippen LogP contribution in [-0.4, -0.2) is 33.7 Å². The molecule has 0 fully saturated rings. The molecular formula is C21H30N4O. The number of rotatable bonds is 3. The van der Waals surface area contributed by atoms with Crippen molar-refractivity contribution in [2.75, 3.05) is 6.54 Å². The molecule has 0 bridgehead atoms. The molecule has 2 heterocycles. The van der Waals surface area contributed by atoms with E-state index in [1.54, 1.807) is 0 Å². The summed E-state index contributed by atoms with van der Waals surface area (Å²) in [5, 5.41) is 10.3. The minimum atomic E-state index is 0.0107. The lowest BCUT2D eigenvalue weighted by molar-refractivity contribution is 0.189. The number of amides is 2. The fourth-order valence-electron chi connectivity index (χ4n) is 3.44. The summed E-state index contributed by atoms with van der Waals surface area (Å²) in [5.41, 5.74) is 6.10. The number of aryl methyl sites for hydroxylation is 1. The van der Waals surface area contributed by atoms with E-state index in [0.29, 0.717) is 6.54 Å². The molecule has 0 saturated heterocycles. The summed E-state index contributed by atoms with van der Waals surface area (Å²) in [6.07, 6.45) is 1.65. The molecule has 0 spiro atoms. The van der Waals surface area contributed by atoms with E-state index in [4.69, 9.17) is 0 Å². The molecule has 2 amide bonds. The molecule has 0 saturated carbocycles. The summed E-state index contributed by atoms with van der Waals surface area (Å²) < 4.78 is 0. The van der Waals surface area contributed by atoms with Gasteiger partial charge in [0.15, 0.2) is 0 Å². The van der Waals surface area contributed by atoms with Crippen LogP contribution in [-0.2, 0) is 24.8 Å². The number of benzene rings is 1. The van der Waals surface area contributed by atoms with Crippen molar-refractivity contribution in [1.82, 2.24) is 20.4 Å². The fraction of sp³-hybridized carbons (Fsp3) is 0.524. The zero-order valence-corrected chi connectivity index (χ0v) is 16.5. The van der Waals surface area contributed by atoms with Gasteiger partial charge in [0.1, 0.15) is 0 Å². The maximum absolute atomic E-state index is 12.7. The van der Waals surface area contributed by atoms with Crippen LogP contribution in [0.3, 0.4) is 0 Å². The highest BCUT2D eigenvalue weighted by molar-refractivity contribution is 5.75. The van der Waals surface area contributed by atoms with Gasteiger partial charge in [-0.15, -0.1) is 0 Å². The van der Waals surface area contributed by atoms with Gasteiger partial charge in [-0.2, -0.15) is 5.10 Å². The Labute approximate surface area is 156 Å². The van der Waals surface area contributed by atoms with Crippen LogP contribution in [0.5, 0.6) is 0 Å².